The van der Waals surface area contributed by atoms with Crippen molar-refractivity contribution in [1.29, 1.82) is 0 Å². The van der Waals surface area contributed by atoms with Crippen LogP contribution in [0.4, 0.5) is 0 Å². The van der Waals surface area contributed by atoms with Crippen LogP contribution in [0.5, 0.6) is 0 Å². The number of nitrogens with zero attached hydrogens (tertiary/aromatic N) is 1. The van der Waals surface area contributed by atoms with E-state index < -0.39 is 0 Å². The largest absolute Gasteiger partial charge is 0.370 e. The lowest BCUT2D eigenvalue weighted by Crippen LogP contribution is -2.31. The monoisotopic (exact) mass is 199 g/mol. The van der Waals surface area contributed by atoms with Crippen molar-refractivity contribution < 1.29 is 4.79 Å². The minimum absolute atomic E-state index is 0.277. The fraction of sp³-hybridized carbons (Fsp3) is 0.500. The Bertz CT molecular complexity index is 363. The average molecular weight is 199 g/mol. The number of amides is 1. The normalized spacial score (nSPS) is 11.5. The second kappa shape index (κ2) is 3.33. The van der Waals surface area contributed by atoms with Gasteiger partial charge in [-0.3, -0.25) is 4.79 Å². The van der Waals surface area contributed by atoms with Crippen molar-refractivity contribution >= 4 is 18.1 Å². The zero-order valence-electron chi connectivity index (χ0n) is 7.70. The lowest BCUT2D eigenvalue weighted by molar-refractivity contribution is -0.119. The number of carbonyl (C=O) groups is 1. The van der Waals surface area contributed by atoms with Crippen LogP contribution in [0.15, 0.2) is 12.4 Å². The molecule has 0 spiro atoms. The number of nitrogens with one attached hydrogen (secondary N) is 1. The van der Waals surface area contributed by atoms with Crippen molar-refractivity contribution in [3.63, 3.8) is 0 Å². The van der Waals surface area contributed by atoms with E-state index in [4.69, 9.17) is 18.0 Å². The van der Waals surface area contributed by atoms with E-state index in [9.17, 15) is 4.79 Å². The van der Waals surface area contributed by atoms with Gasteiger partial charge in [0.15, 0.2) is 4.77 Å². The minimum Gasteiger partial charge on any atom is -0.370 e. The molecule has 1 rings (SSSR count). The van der Waals surface area contributed by atoms with Crippen LogP contribution in [0.25, 0.3) is 0 Å². The van der Waals surface area contributed by atoms with Crippen LogP contribution in [0.2, 0.25) is 0 Å². The smallest absolute Gasteiger partial charge is 0.219 e. The van der Waals surface area contributed by atoms with Crippen molar-refractivity contribution in [2.45, 2.75) is 25.8 Å². The molecule has 0 aliphatic heterocycles. The molecule has 0 radical (unpaired) electrons. The molecule has 0 atom stereocenters. The third-order valence-electron chi connectivity index (χ3n) is 1.91. The molecule has 3 N–H and O–H groups in total. The predicted molar refractivity (Wildman–Crippen MR) is 52.8 cm³/mol. The van der Waals surface area contributed by atoms with Gasteiger partial charge in [0.25, 0.3) is 0 Å². The number of aromatic nitrogens is 2. The predicted octanol–water partition coefficient (Wildman–Crippen LogP) is 1.16. The molecule has 1 amide bonds. The number of rotatable bonds is 3. The summed E-state index contributed by atoms with van der Waals surface area (Å²) in [5, 5.41) is 0. The van der Waals surface area contributed by atoms with E-state index in [1.54, 1.807) is 6.20 Å². The molecule has 0 aliphatic rings. The Morgan fingerprint density at radius 1 is 1.77 bits per heavy atom. The summed E-state index contributed by atoms with van der Waals surface area (Å²) in [5.74, 6) is -0.326. The molecule has 0 unspecified atom stereocenters. The lowest BCUT2D eigenvalue weighted by atomic mass is 10.0. The van der Waals surface area contributed by atoms with Crippen molar-refractivity contribution in [2.75, 3.05) is 0 Å². The molecule has 5 heteroatoms. The van der Waals surface area contributed by atoms with Gasteiger partial charge < -0.3 is 15.3 Å². The first kappa shape index (κ1) is 9.98. The quantitative estimate of drug-likeness (QED) is 0.717. The highest BCUT2D eigenvalue weighted by Gasteiger charge is 2.22. The molecule has 0 aliphatic carbocycles. The Balaban J connectivity index is 3.00. The maximum Gasteiger partial charge on any atom is 0.219 e. The first-order valence-electron chi connectivity index (χ1n) is 3.98. The van der Waals surface area contributed by atoms with Crippen LogP contribution in [0.1, 0.15) is 20.3 Å². The molecule has 13 heavy (non-hydrogen) atoms. The molecule has 0 saturated heterocycles. The van der Waals surface area contributed by atoms with E-state index in [1.165, 1.54) is 0 Å². The highest BCUT2D eigenvalue weighted by molar-refractivity contribution is 7.71. The molecule has 1 aromatic heterocycles. The van der Waals surface area contributed by atoms with Gasteiger partial charge in [-0.15, -0.1) is 0 Å². The van der Waals surface area contributed by atoms with E-state index in [-0.39, 0.29) is 17.9 Å². The summed E-state index contributed by atoms with van der Waals surface area (Å²) in [6.07, 6.45) is 3.83. The van der Waals surface area contributed by atoms with E-state index in [0.29, 0.717) is 4.77 Å². The van der Waals surface area contributed by atoms with Crippen molar-refractivity contribution in [1.82, 2.24) is 9.55 Å². The summed E-state index contributed by atoms with van der Waals surface area (Å²) in [7, 11) is 0. The Hall–Kier alpha value is -1.10. The second-order valence-corrected chi connectivity index (χ2v) is 3.98. The summed E-state index contributed by atoms with van der Waals surface area (Å²) < 4.78 is 2.43. The molecular weight excluding hydrogens is 186 g/mol. The fourth-order valence-electron chi connectivity index (χ4n) is 1.31. The Kier molecular flexibility index (Phi) is 2.56. The van der Waals surface area contributed by atoms with Gasteiger partial charge in [-0.25, -0.2) is 0 Å². The first-order chi connectivity index (χ1) is 5.93. The van der Waals surface area contributed by atoms with Gasteiger partial charge in [-0.05, 0) is 26.1 Å². The average Bonchev–Trinajstić information content (AvgIpc) is 2.32. The molecule has 0 fully saturated rings. The van der Waals surface area contributed by atoms with Crippen molar-refractivity contribution in [3.8, 4) is 0 Å². The van der Waals surface area contributed by atoms with E-state index in [0.717, 1.165) is 0 Å². The number of imidazole rings is 1. The number of aromatic amines is 1. The topological polar surface area (TPSA) is 63.8 Å². The van der Waals surface area contributed by atoms with Crippen LogP contribution < -0.4 is 5.73 Å². The highest BCUT2D eigenvalue weighted by Crippen LogP contribution is 2.19. The third kappa shape index (κ3) is 2.18. The van der Waals surface area contributed by atoms with Gasteiger partial charge in [0.1, 0.15) is 0 Å². The number of primary amides is 1. The molecule has 4 nitrogen and oxygen atoms in total. The molecule has 0 aromatic carbocycles. The molecule has 0 saturated carbocycles. The maximum atomic E-state index is 10.8. The first-order valence-corrected chi connectivity index (χ1v) is 4.39. The van der Waals surface area contributed by atoms with Crippen molar-refractivity contribution in [3.05, 3.63) is 17.2 Å². The van der Waals surface area contributed by atoms with E-state index in [1.807, 2.05) is 24.6 Å². The summed E-state index contributed by atoms with van der Waals surface area (Å²) >= 11 is 5.04. The van der Waals surface area contributed by atoms with Gasteiger partial charge in [-0.2, -0.15) is 0 Å². The van der Waals surface area contributed by atoms with Crippen LogP contribution in [0.3, 0.4) is 0 Å². The van der Waals surface area contributed by atoms with Crippen LogP contribution in [0, 0.1) is 4.77 Å². The Morgan fingerprint density at radius 3 is 2.77 bits per heavy atom. The molecular formula is C8H13N3OS. The van der Waals surface area contributed by atoms with Crippen molar-refractivity contribution in [2.24, 2.45) is 5.73 Å². The third-order valence-corrected chi connectivity index (χ3v) is 2.22. The van der Waals surface area contributed by atoms with Crippen LogP contribution in [-0.4, -0.2) is 15.5 Å². The zero-order chi connectivity index (χ0) is 10.1. The Labute approximate surface area is 81.8 Å². The summed E-state index contributed by atoms with van der Waals surface area (Å²) in [6, 6.07) is 0. The molecule has 72 valence electrons. The lowest BCUT2D eigenvalue weighted by Gasteiger charge is -2.24. The fourth-order valence-corrected chi connectivity index (χ4v) is 1.68. The minimum atomic E-state index is -0.358. The maximum absolute atomic E-state index is 10.8. The van der Waals surface area contributed by atoms with Gasteiger partial charge in [0.05, 0.1) is 0 Å². The van der Waals surface area contributed by atoms with Gasteiger partial charge in [0.2, 0.25) is 5.91 Å². The van der Waals surface area contributed by atoms with E-state index >= 15 is 0 Å². The van der Waals surface area contributed by atoms with Gasteiger partial charge in [0, 0.05) is 24.4 Å². The Morgan fingerprint density at radius 2 is 2.38 bits per heavy atom. The number of nitrogens with two attached hydrogens (primary N) is 1. The highest BCUT2D eigenvalue weighted by atomic mass is 32.1. The van der Waals surface area contributed by atoms with Gasteiger partial charge in [-0.1, -0.05) is 0 Å². The number of carbonyl (C=O) groups excluding carboxylic acids is 1. The standard InChI is InChI=1S/C8H13N3OS/c1-8(2,5-6(9)12)11-4-3-10-7(11)13/h3-4H,5H2,1-2H3,(H2,9,12)(H,10,13). The zero-order valence-corrected chi connectivity index (χ0v) is 8.52. The van der Waals surface area contributed by atoms with Gasteiger partial charge >= 0.3 is 0 Å². The molecule has 1 aromatic rings. The van der Waals surface area contributed by atoms with Crippen LogP contribution in [-0.2, 0) is 10.3 Å². The number of hydrogen-bond acceptors (Lipinski definition) is 2. The van der Waals surface area contributed by atoms with Crippen LogP contribution >= 0.6 is 12.2 Å². The van der Waals surface area contributed by atoms with E-state index in [2.05, 4.69) is 4.98 Å². The molecule has 1 heterocycles. The number of H-pyrrole nitrogens is 1. The number of hydrogen-bond donors (Lipinski definition) is 2. The summed E-state index contributed by atoms with van der Waals surface area (Å²) in [6.45, 7) is 3.84. The summed E-state index contributed by atoms with van der Waals surface area (Å²) in [4.78, 5) is 13.7. The molecule has 0 bridgehead atoms. The second-order valence-electron chi connectivity index (χ2n) is 3.59. The summed E-state index contributed by atoms with van der Waals surface area (Å²) in [5.41, 5.74) is 4.78. The SMILES string of the molecule is CC(C)(CC(N)=O)n1cc[nH]c1=S.